The number of oxazole rings is 1. The van der Waals surface area contributed by atoms with E-state index in [0.29, 0.717) is 11.1 Å². The molecule has 0 aliphatic rings. The molecule has 1 aromatic carbocycles. The molecule has 0 radical (unpaired) electrons. The Bertz CT molecular complexity index is 942. The lowest BCUT2D eigenvalue weighted by Crippen LogP contribution is -1.94. The summed E-state index contributed by atoms with van der Waals surface area (Å²) in [4.78, 5) is 8.34. The molecule has 0 atom stereocenters. The fraction of sp³-hybridized carbons (Fsp3) is 0. The van der Waals surface area contributed by atoms with Gasteiger partial charge in [0.15, 0.2) is 11.2 Å². The number of halogens is 1. The third-order valence-corrected chi connectivity index (χ3v) is 3.56. The van der Waals surface area contributed by atoms with Gasteiger partial charge in [-0.25, -0.2) is 9.50 Å². The maximum atomic E-state index is 5.55. The van der Waals surface area contributed by atoms with Crippen LogP contribution in [-0.2, 0) is 0 Å². The van der Waals surface area contributed by atoms with Crippen LogP contribution in [0.3, 0.4) is 0 Å². The Hall–Kier alpha value is -2.41. The highest BCUT2D eigenvalue weighted by atomic mass is 79.9. The molecule has 0 saturated carbocycles. The minimum absolute atomic E-state index is 0.165. The fourth-order valence-corrected chi connectivity index (χ4v) is 2.47. The second kappa shape index (κ2) is 4.04. The summed E-state index contributed by atoms with van der Waals surface area (Å²) in [5, 5.41) is 4.54. The Morgan fingerprint density at radius 1 is 1.20 bits per heavy atom. The van der Waals surface area contributed by atoms with Crippen molar-refractivity contribution in [1.29, 1.82) is 0 Å². The predicted molar refractivity (Wildman–Crippen MR) is 78.1 cm³/mol. The van der Waals surface area contributed by atoms with E-state index in [2.05, 4.69) is 31.0 Å². The zero-order valence-corrected chi connectivity index (χ0v) is 11.7. The Morgan fingerprint density at radius 2 is 2.10 bits per heavy atom. The SMILES string of the molecule is Nc1nc2cc(-c3ccc4ncc(Br)n4n3)ccc2o1. The summed E-state index contributed by atoms with van der Waals surface area (Å²) < 4.78 is 7.80. The summed E-state index contributed by atoms with van der Waals surface area (Å²) in [6.07, 6.45) is 1.72. The summed E-state index contributed by atoms with van der Waals surface area (Å²) in [5.74, 6) is 0. The van der Waals surface area contributed by atoms with E-state index in [0.717, 1.165) is 21.5 Å². The molecule has 0 aliphatic heterocycles. The van der Waals surface area contributed by atoms with Gasteiger partial charge in [-0.3, -0.25) is 0 Å². The minimum Gasteiger partial charge on any atom is -0.424 e. The van der Waals surface area contributed by atoms with Crippen molar-refractivity contribution in [2.24, 2.45) is 0 Å². The van der Waals surface area contributed by atoms with Gasteiger partial charge >= 0.3 is 0 Å². The average molecular weight is 330 g/mol. The van der Waals surface area contributed by atoms with Gasteiger partial charge in [-0.15, -0.1) is 0 Å². The monoisotopic (exact) mass is 329 g/mol. The van der Waals surface area contributed by atoms with E-state index in [4.69, 9.17) is 10.2 Å². The van der Waals surface area contributed by atoms with Gasteiger partial charge in [-0.05, 0) is 46.3 Å². The topological polar surface area (TPSA) is 82.2 Å². The largest absolute Gasteiger partial charge is 0.424 e. The molecule has 0 unspecified atom stereocenters. The van der Waals surface area contributed by atoms with Crippen LogP contribution in [-0.4, -0.2) is 19.6 Å². The zero-order valence-electron chi connectivity index (χ0n) is 10.1. The predicted octanol–water partition coefficient (Wildman–Crippen LogP) is 2.88. The molecule has 6 nitrogen and oxygen atoms in total. The molecule has 98 valence electrons. The number of anilines is 1. The van der Waals surface area contributed by atoms with Crippen LogP contribution in [0, 0.1) is 0 Å². The van der Waals surface area contributed by atoms with Gasteiger partial charge in [0.1, 0.15) is 10.1 Å². The highest BCUT2D eigenvalue weighted by Gasteiger charge is 2.08. The number of rotatable bonds is 1. The molecule has 4 rings (SSSR count). The molecule has 0 spiro atoms. The van der Waals surface area contributed by atoms with Crippen LogP contribution in [0.1, 0.15) is 0 Å². The number of imidazole rings is 1. The third-order valence-electron chi connectivity index (χ3n) is 3.02. The average Bonchev–Trinajstić information content (AvgIpc) is 3.00. The number of hydrogen-bond acceptors (Lipinski definition) is 5. The molecule has 3 heterocycles. The van der Waals surface area contributed by atoms with Gasteiger partial charge in [0.05, 0.1) is 11.9 Å². The maximum Gasteiger partial charge on any atom is 0.292 e. The van der Waals surface area contributed by atoms with E-state index in [1.165, 1.54) is 0 Å². The lowest BCUT2D eigenvalue weighted by Gasteiger charge is -2.02. The van der Waals surface area contributed by atoms with Crippen molar-refractivity contribution in [2.75, 3.05) is 5.73 Å². The lowest BCUT2D eigenvalue weighted by molar-refractivity contribution is 0.626. The number of nitrogens with two attached hydrogens (primary N) is 1. The van der Waals surface area contributed by atoms with Crippen LogP contribution in [0.2, 0.25) is 0 Å². The van der Waals surface area contributed by atoms with Crippen molar-refractivity contribution < 1.29 is 4.42 Å². The van der Waals surface area contributed by atoms with Gasteiger partial charge in [0, 0.05) is 5.56 Å². The van der Waals surface area contributed by atoms with E-state index >= 15 is 0 Å². The van der Waals surface area contributed by atoms with E-state index in [1.54, 1.807) is 10.7 Å². The fourth-order valence-electron chi connectivity index (χ4n) is 2.10. The number of benzene rings is 1. The van der Waals surface area contributed by atoms with Gasteiger partial charge < -0.3 is 10.2 Å². The van der Waals surface area contributed by atoms with Crippen LogP contribution >= 0.6 is 15.9 Å². The van der Waals surface area contributed by atoms with Gasteiger partial charge in [0.2, 0.25) is 0 Å². The highest BCUT2D eigenvalue weighted by molar-refractivity contribution is 9.10. The molecule has 7 heteroatoms. The van der Waals surface area contributed by atoms with E-state index in [-0.39, 0.29) is 6.01 Å². The van der Waals surface area contributed by atoms with Crippen LogP contribution in [0.4, 0.5) is 6.01 Å². The quantitative estimate of drug-likeness (QED) is 0.580. The van der Waals surface area contributed by atoms with Gasteiger partial charge in [0.25, 0.3) is 6.01 Å². The van der Waals surface area contributed by atoms with Crippen LogP contribution in [0.5, 0.6) is 0 Å². The van der Waals surface area contributed by atoms with Gasteiger partial charge in [-0.1, -0.05) is 0 Å². The molecular weight excluding hydrogens is 322 g/mol. The molecule has 20 heavy (non-hydrogen) atoms. The molecule has 2 N–H and O–H groups in total. The Balaban J connectivity index is 1.92. The van der Waals surface area contributed by atoms with Crippen molar-refractivity contribution in [3.05, 3.63) is 41.1 Å². The first-order chi connectivity index (χ1) is 9.70. The Kier molecular flexibility index (Phi) is 2.31. The van der Waals surface area contributed by atoms with E-state index in [9.17, 15) is 0 Å². The Morgan fingerprint density at radius 3 is 3.00 bits per heavy atom. The molecule has 0 fully saturated rings. The highest BCUT2D eigenvalue weighted by Crippen LogP contribution is 2.24. The number of nitrogens with zero attached hydrogens (tertiary/aromatic N) is 4. The van der Waals surface area contributed by atoms with Crippen molar-refractivity contribution >= 4 is 38.7 Å². The lowest BCUT2D eigenvalue weighted by atomic mass is 10.1. The van der Waals surface area contributed by atoms with Crippen LogP contribution in [0.25, 0.3) is 28.0 Å². The van der Waals surface area contributed by atoms with Crippen molar-refractivity contribution in [3.8, 4) is 11.3 Å². The number of fused-ring (bicyclic) bond motifs is 2. The van der Waals surface area contributed by atoms with Crippen molar-refractivity contribution in [2.45, 2.75) is 0 Å². The standard InChI is InChI=1S/C13H8BrN5O/c14-11-6-16-12-4-2-8(18-19(11)12)7-1-3-10-9(5-7)17-13(15)20-10/h1-6H,(H2,15,17). The third kappa shape index (κ3) is 1.67. The summed E-state index contributed by atoms with van der Waals surface area (Å²) in [5.41, 5.74) is 9.47. The second-order valence-electron chi connectivity index (χ2n) is 4.30. The summed E-state index contributed by atoms with van der Waals surface area (Å²) in [6.45, 7) is 0. The smallest absolute Gasteiger partial charge is 0.292 e. The molecule has 0 saturated heterocycles. The molecule has 3 aromatic heterocycles. The summed E-state index contributed by atoms with van der Waals surface area (Å²) >= 11 is 3.41. The van der Waals surface area contributed by atoms with E-state index in [1.807, 2.05) is 30.3 Å². The van der Waals surface area contributed by atoms with Crippen LogP contribution < -0.4 is 5.73 Å². The molecule has 0 bridgehead atoms. The molecule has 0 aliphatic carbocycles. The van der Waals surface area contributed by atoms with Crippen LogP contribution in [0.15, 0.2) is 45.5 Å². The molecule has 4 aromatic rings. The molecular formula is C13H8BrN5O. The number of hydrogen-bond donors (Lipinski definition) is 1. The number of aromatic nitrogens is 4. The Labute approximate surface area is 121 Å². The summed E-state index contributed by atoms with van der Waals surface area (Å²) in [6, 6.07) is 9.65. The summed E-state index contributed by atoms with van der Waals surface area (Å²) in [7, 11) is 0. The van der Waals surface area contributed by atoms with Crippen molar-refractivity contribution in [3.63, 3.8) is 0 Å². The van der Waals surface area contributed by atoms with E-state index < -0.39 is 0 Å². The first-order valence-corrected chi connectivity index (χ1v) is 6.67. The molecule has 0 amide bonds. The normalized spacial score (nSPS) is 11.4. The first-order valence-electron chi connectivity index (χ1n) is 5.87. The van der Waals surface area contributed by atoms with Gasteiger partial charge in [-0.2, -0.15) is 10.1 Å². The first kappa shape index (κ1) is 11.4. The minimum atomic E-state index is 0.165. The second-order valence-corrected chi connectivity index (χ2v) is 5.12. The maximum absolute atomic E-state index is 5.55. The zero-order chi connectivity index (χ0) is 13.7. The number of nitrogen functional groups attached to an aromatic ring is 1. The van der Waals surface area contributed by atoms with Crippen molar-refractivity contribution in [1.82, 2.24) is 19.6 Å².